The SMILES string of the molecule is Cc1c(C(F)F)cc(C(=O)Cl)nc1[N+](=O)[O-]. The number of carbonyl (C=O) groups is 1. The fourth-order valence-electron chi connectivity index (χ4n) is 1.12. The van der Waals surface area contributed by atoms with Crippen molar-refractivity contribution in [1.29, 1.82) is 0 Å². The molecule has 0 unspecified atom stereocenters. The summed E-state index contributed by atoms with van der Waals surface area (Å²) in [6.07, 6.45) is -2.93. The minimum Gasteiger partial charge on any atom is -0.358 e. The molecule has 0 saturated carbocycles. The molecular weight excluding hydrogens is 246 g/mol. The second kappa shape index (κ2) is 4.48. The highest BCUT2D eigenvalue weighted by atomic mass is 35.5. The molecule has 0 amide bonds. The molecular formula is C8H5ClF2N2O3. The van der Waals surface area contributed by atoms with Crippen molar-refractivity contribution in [3.8, 4) is 0 Å². The van der Waals surface area contributed by atoms with E-state index in [1.54, 1.807) is 0 Å². The summed E-state index contributed by atoms with van der Waals surface area (Å²) in [4.78, 5) is 23.6. The highest BCUT2D eigenvalue weighted by Gasteiger charge is 2.26. The van der Waals surface area contributed by atoms with Crippen LogP contribution in [-0.4, -0.2) is 15.1 Å². The zero-order valence-electron chi connectivity index (χ0n) is 7.91. The van der Waals surface area contributed by atoms with Gasteiger partial charge in [0.25, 0.3) is 11.7 Å². The van der Waals surface area contributed by atoms with E-state index in [0.29, 0.717) is 0 Å². The lowest BCUT2D eigenvalue weighted by atomic mass is 10.1. The molecule has 0 fully saturated rings. The number of alkyl halides is 2. The Labute approximate surface area is 93.2 Å². The first-order valence-electron chi connectivity index (χ1n) is 3.98. The number of pyridine rings is 1. The van der Waals surface area contributed by atoms with Crippen LogP contribution in [0, 0.1) is 17.0 Å². The van der Waals surface area contributed by atoms with Crippen LogP contribution in [0.2, 0.25) is 0 Å². The fraction of sp³-hybridized carbons (Fsp3) is 0.250. The van der Waals surface area contributed by atoms with Crippen molar-refractivity contribution in [2.75, 3.05) is 0 Å². The van der Waals surface area contributed by atoms with Gasteiger partial charge in [-0.1, -0.05) is 0 Å². The summed E-state index contributed by atoms with van der Waals surface area (Å²) < 4.78 is 25.0. The maximum absolute atomic E-state index is 12.5. The van der Waals surface area contributed by atoms with Crippen molar-refractivity contribution in [3.63, 3.8) is 0 Å². The van der Waals surface area contributed by atoms with Crippen molar-refractivity contribution >= 4 is 22.7 Å². The van der Waals surface area contributed by atoms with Gasteiger partial charge in [0.05, 0.1) is 5.56 Å². The summed E-state index contributed by atoms with van der Waals surface area (Å²) in [6, 6.07) is 0.752. The molecule has 0 aliphatic rings. The van der Waals surface area contributed by atoms with E-state index >= 15 is 0 Å². The van der Waals surface area contributed by atoms with Gasteiger partial charge in [0.1, 0.15) is 0 Å². The average molecular weight is 251 g/mol. The Kier molecular flexibility index (Phi) is 3.48. The van der Waals surface area contributed by atoms with E-state index in [2.05, 4.69) is 4.98 Å². The first kappa shape index (κ1) is 12.4. The lowest BCUT2D eigenvalue weighted by Crippen LogP contribution is -2.05. The lowest BCUT2D eigenvalue weighted by molar-refractivity contribution is -0.390. The van der Waals surface area contributed by atoms with Gasteiger partial charge >= 0.3 is 5.82 Å². The summed E-state index contributed by atoms with van der Waals surface area (Å²) in [5.41, 5.74) is -1.46. The molecule has 1 aromatic heterocycles. The second-order valence-corrected chi connectivity index (χ2v) is 3.22. The van der Waals surface area contributed by atoms with E-state index in [-0.39, 0.29) is 5.56 Å². The van der Waals surface area contributed by atoms with Gasteiger partial charge in [0.15, 0.2) is 0 Å². The Balaban J connectivity index is 3.51. The normalized spacial score (nSPS) is 10.6. The molecule has 86 valence electrons. The van der Waals surface area contributed by atoms with Crippen molar-refractivity contribution in [2.24, 2.45) is 0 Å². The van der Waals surface area contributed by atoms with Gasteiger partial charge < -0.3 is 10.1 Å². The lowest BCUT2D eigenvalue weighted by Gasteiger charge is -2.04. The third-order valence-corrected chi connectivity index (χ3v) is 2.09. The number of nitro groups is 1. The Morgan fingerprint density at radius 3 is 2.56 bits per heavy atom. The smallest absolute Gasteiger partial charge is 0.358 e. The van der Waals surface area contributed by atoms with Gasteiger partial charge in [-0.3, -0.25) is 4.79 Å². The molecule has 5 nitrogen and oxygen atoms in total. The number of hydrogen-bond donors (Lipinski definition) is 0. The predicted molar refractivity (Wildman–Crippen MR) is 50.8 cm³/mol. The summed E-state index contributed by atoms with van der Waals surface area (Å²) in [6.45, 7) is 1.13. The van der Waals surface area contributed by atoms with Gasteiger partial charge in [-0.25, -0.2) is 8.78 Å². The van der Waals surface area contributed by atoms with Gasteiger partial charge in [0, 0.05) is 11.6 Å². The maximum atomic E-state index is 12.5. The van der Waals surface area contributed by atoms with Crippen LogP contribution >= 0.6 is 11.6 Å². The van der Waals surface area contributed by atoms with Crippen LogP contribution in [0.5, 0.6) is 0 Å². The Morgan fingerprint density at radius 1 is 1.62 bits per heavy atom. The maximum Gasteiger partial charge on any atom is 0.367 e. The molecule has 0 aliphatic heterocycles. The number of rotatable bonds is 3. The minimum absolute atomic E-state index is 0.276. The summed E-state index contributed by atoms with van der Waals surface area (Å²) >= 11 is 5.04. The Bertz CT molecular complexity index is 465. The monoisotopic (exact) mass is 250 g/mol. The van der Waals surface area contributed by atoms with E-state index < -0.39 is 33.7 Å². The molecule has 16 heavy (non-hydrogen) atoms. The molecule has 0 atom stereocenters. The van der Waals surface area contributed by atoms with Crippen LogP contribution in [-0.2, 0) is 0 Å². The third kappa shape index (κ3) is 2.30. The zero-order valence-corrected chi connectivity index (χ0v) is 8.66. The average Bonchev–Trinajstić information content (AvgIpc) is 2.16. The topological polar surface area (TPSA) is 73.1 Å². The molecule has 0 bridgehead atoms. The number of nitrogens with zero attached hydrogens (tertiary/aromatic N) is 2. The summed E-state index contributed by atoms with van der Waals surface area (Å²) in [7, 11) is 0. The van der Waals surface area contributed by atoms with Crippen LogP contribution < -0.4 is 0 Å². The van der Waals surface area contributed by atoms with Gasteiger partial charge in [0.2, 0.25) is 5.69 Å². The van der Waals surface area contributed by atoms with E-state index in [1.165, 1.54) is 0 Å². The number of halogens is 3. The van der Waals surface area contributed by atoms with Crippen LogP contribution in [0.15, 0.2) is 6.07 Å². The fourth-order valence-corrected chi connectivity index (χ4v) is 1.22. The first-order valence-corrected chi connectivity index (χ1v) is 4.36. The standard InChI is InChI=1S/C8H5ClF2N2O3/c1-3-4(7(10)11)2-5(6(9)14)12-8(3)13(15)16/h2,7H,1H3. The molecule has 0 aromatic carbocycles. The predicted octanol–water partition coefficient (Wildman–Crippen LogP) is 2.61. The van der Waals surface area contributed by atoms with Crippen LogP contribution in [0.3, 0.4) is 0 Å². The van der Waals surface area contributed by atoms with Crippen molar-refractivity contribution in [2.45, 2.75) is 13.3 Å². The molecule has 1 heterocycles. The van der Waals surface area contributed by atoms with Crippen molar-refractivity contribution in [1.82, 2.24) is 4.98 Å². The largest absolute Gasteiger partial charge is 0.367 e. The molecule has 1 aromatic rings. The molecule has 0 saturated heterocycles. The van der Waals surface area contributed by atoms with E-state index in [4.69, 9.17) is 11.6 Å². The quantitative estimate of drug-likeness (QED) is 0.469. The van der Waals surface area contributed by atoms with Crippen LogP contribution in [0.4, 0.5) is 14.6 Å². The highest BCUT2D eigenvalue weighted by molar-refractivity contribution is 6.67. The summed E-state index contributed by atoms with van der Waals surface area (Å²) in [5.74, 6) is -0.790. The zero-order chi connectivity index (χ0) is 12.5. The van der Waals surface area contributed by atoms with Gasteiger partial charge in [-0.05, 0) is 28.4 Å². The van der Waals surface area contributed by atoms with E-state index in [0.717, 1.165) is 13.0 Å². The number of aromatic nitrogens is 1. The Morgan fingerprint density at radius 2 is 2.19 bits per heavy atom. The molecule has 0 aliphatic carbocycles. The third-order valence-electron chi connectivity index (χ3n) is 1.90. The highest BCUT2D eigenvalue weighted by Crippen LogP contribution is 2.28. The number of carbonyl (C=O) groups excluding carboxylic acids is 1. The van der Waals surface area contributed by atoms with E-state index in [1.807, 2.05) is 0 Å². The van der Waals surface area contributed by atoms with Crippen molar-refractivity contribution in [3.05, 3.63) is 33.0 Å². The molecule has 0 radical (unpaired) electrons. The van der Waals surface area contributed by atoms with E-state index in [9.17, 15) is 23.7 Å². The summed E-state index contributed by atoms with van der Waals surface area (Å²) in [5, 5.41) is 9.39. The number of hydrogen-bond acceptors (Lipinski definition) is 4. The van der Waals surface area contributed by atoms with Gasteiger partial charge in [-0.2, -0.15) is 0 Å². The molecule has 0 spiro atoms. The second-order valence-electron chi connectivity index (χ2n) is 2.88. The van der Waals surface area contributed by atoms with Crippen LogP contribution in [0.25, 0.3) is 0 Å². The molecule has 0 N–H and O–H groups in total. The van der Waals surface area contributed by atoms with Crippen molar-refractivity contribution < 1.29 is 18.5 Å². The minimum atomic E-state index is -2.93. The van der Waals surface area contributed by atoms with Crippen LogP contribution in [0.1, 0.15) is 28.0 Å². The first-order chi connectivity index (χ1) is 7.34. The molecule has 1 rings (SSSR count). The molecule has 8 heteroatoms. The Hall–Kier alpha value is -1.63. The van der Waals surface area contributed by atoms with Gasteiger partial charge in [-0.15, -0.1) is 0 Å².